The number of carbonyl (C=O) groups excluding carboxylic acids is 1. The van der Waals surface area contributed by atoms with Gasteiger partial charge in [-0.2, -0.15) is 0 Å². The molecule has 0 spiro atoms. The highest BCUT2D eigenvalue weighted by molar-refractivity contribution is 7.90. The van der Waals surface area contributed by atoms with Crippen LogP contribution in [0.5, 0.6) is 5.75 Å². The number of rotatable bonds is 8. The van der Waals surface area contributed by atoms with E-state index in [1.54, 1.807) is 19.2 Å². The Morgan fingerprint density at radius 3 is 2.16 bits per heavy atom. The molecule has 162 valence electrons. The molecule has 3 rings (SSSR count). The van der Waals surface area contributed by atoms with E-state index in [0.29, 0.717) is 18.5 Å². The van der Waals surface area contributed by atoms with Gasteiger partial charge in [-0.3, -0.25) is 4.79 Å². The molecule has 0 saturated heterocycles. The summed E-state index contributed by atoms with van der Waals surface area (Å²) in [6.45, 7) is 2.46. The summed E-state index contributed by atoms with van der Waals surface area (Å²) in [6.07, 6.45) is 1.78. The van der Waals surface area contributed by atoms with Crippen LogP contribution in [0.15, 0.2) is 83.8 Å². The van der Waals surface area contributed by atoms with E-state index < -0.39 is 9.84 Å². The van der Waals surface area contributed by atoms with Gasteiger partial charge in [0.15, 0.2) is 9.84 Å². The molecule has 1 atom stereocenters. The van der Waals surface area contributed by atoms with Gasteiger partial charge >= 0.3 is 0 Å². The monoisotopic (exact) mass is 437 g/mol. The van der Waals surface area contributed by atoms with Crippen molar-refractivity contribution in [3.63, 3.8) is 0 Å². The van der Waals surface area contributed by atoms with Gasteiger partial charge < -0.3 is 9.64 Å². The van der Waals surface area contributed by atoms with Crippen molar-refractivity contribution in [3.8, 4) is 5.75 Å². The lowest BCUT2D eigenvalue weighted by molar-refractivity contribution is 0.0674. The Balaban J connectivity index is 1.90. The lowest BCUT2D eigenvalue weighted by atomic mass is 10.0. The lowest BCUT2D eigenvalue weighted by Crippen LogP contribution is -2.39. The molecular weight excluding hydrogens is 410 g/mol. The summed E-state index contributed by atoms with van der Waals surface area (Å²) in [5.41, 5.74) is 2.50. The fraction of sp³-hybridized carbons (Fsp3) is 0.240. The minimum atomic E-state index is -3.32. The highest BCUT2D eigenvalue weighted by Crippen LogP contribution is 2.23. The van der Waals surface area contributed by atoms with Crippen molar-refractivity contribution in [2.75, 3.05) is 13.4 Å². The Morgan fingerprint density at radius 2 is 1.55 bits per heavy atom. The van der Waals surface area contributed by atoms with E-state index in [2.05, 4.69) is 0 Å². The average molecular weight is 438 g/mol. The fourth-order valence-corrected chi connectivity index (χ4v) is 4.15. The third-order valence-electron chi connectivity index (χ3n) is 5.23. The van der Waals surface area contributed by atoms with Crippen LogP contribution < -0.4 is 4.74 Å². The molecular formula is C25H27NO4S. The molecule has 3 aromatic rings. The van der Waals surface area contributed by atoms with Gasteiger partial charge in [0.2, 0.25) is 0 Å². The minimum Gasteiger partial charge on any atom is -0.496 e. The van der Waals surface area contributed by atoms with E-state index >= 15 is 0 Å². The summed E-state index contributed by atoms with van der Waals surface area (Å²) in [4.78, 5) is 15.5. The fourth-order valence-electron chi connectivity index (χ4n) is 3.52. The number of sulfone groups is 1. The highest BCUT2D eigenvalue weighted by Gasteiger charge is 2.23. The number of amides is 1. The number of benzene rings is 3. The molecule has 31 heavy (non-hydrogen) atoms. The number of ether oxygens (including phenoxy) is 1. The predicted octanol–water partition coefficient (Wildman–Crippen LogP) is 4.37. The van der Waals surface area contributed by atoms with Crippen LogP contribution in [0, 0.1) is 0 Å². The summed E-state index contributed by atoms with van der Waals surface area (Å²) in [5, 5.41) is 0. The topological polar surface area (TPSA) is 63.7 Å². The van der Waals surface area contributed by atoms with Crippen LogP contribution in [-0.2, 0) is 22.8 Å². The molecule has 1 unspecified atom stereocenters. The quantitative estimate of drug-likeness (QED) is 0.525. The SMILES string of the molecule is COc1ccccc1CC(C)N(Cc1ccccc1)C(=O)c1ccc(S(C)(=O)=O)cc1. The van der Waals surface area contributed by atoms with E-state index in [9.17, 15) is 13.2 Å². The van der Waals surface area contributed by atoms with Crippen LogP contribution in [0.3, 0.4) is 0 Å². The maximum absolute atomic E-state index is 13.4. The van der Waals surface area contributed by atoms with Crippen LogP contribution in [0.1, 0.15) is 28.4 Å². The lowest BCUT2D eigenvalue weighted by Gasteiger charge is -2.30. The van der Waals surface area contributed by atoms with Gasteiger partial charge in [-0.25, -0.2) is 8.42 Å². The molecule has 0 bridgehead atoms. The summed E-state index contributed by atoms with van der Waals surface area (Å²) in [7, 11) is -1.68. The van der Waals surface area contributed by atoms with Crippen LogP contribution in [-0.4, -0.2) is 38.6 Å². The van der Waals surface area contributed by atoms with Crippen molar-refractivity contribution in [2.24, 2.45) is 0 Å². The number of carbonyl (C=O) groups is 1. The summed E-state index contributed by atoms with van der Waals surface area (Å²) >= 11 is 0. The molecule has 0 fully saturated rings. The normalized spacial score (nSPS) is 12.2. The van der Waals surface area contributed by atoms with Gasteiger partial charge in [-0.1, -0.05) is 48.5 Å². The molecule has 0 aliphatic carbocycles. The smallest absolute Gasteiger partial charge is 0.254 e. The molecule has 6 heteroatoms. The van der Waals surface area contributed by atoms with Crippen LogP contribution in [0.25, 0.3) is 0 Å². The third-order valence-corrected chi connectivity index (χ3v) is 6.35. The van der Waals surface area contributed by atoms with Crippen molar-refractivity contribution in [1.29, 1.82) is 0 Å². The molecule has 0 aromatic heterocycles. The summed E-state index contributed by atoms with van der Waals surface area (Å²) in [5.74, 6) is 0.644. The summed E-state index contributed by atoms with van der Waals surface area (Å²) < 4.78 is 29.0. The molecule has 1 amide bonds. The van der Waals surface area contributed by atoms with E-state index in [1.165, 1.54) is 12.1 Å². The zero-order valence-electron chi connectivity index (χ0n) is 18.0. The molecule has 0 saturated carbocycles. The Kier molecular flexibility index (Phi) is 7.13. The van der Waals surface area contributed by atoms with E-state index in [4.69, 9.17) is 4.74 Å². The largest absolute Gasteiger partial charge is 0.496 e. The first-order valence-corrected chi connectivity index (χ1v) is 12.0. The Labute approximate surface area is 184 Å². The van der Waals surface area contributed by atoms with E-state index in [1.807, 2.05) is 66.4 Å². The second-order valence-electron chi connectivity index (χ2n) is 7.58. The zero-order valence-corrected chi connectivity index (χ0v) is 18.8. The first-order chi connectivity index (χ1) is 14.8. The molecule has 0 radical (unpaired) electrons. The third kappa shape index (κ3) is 5.73. The van der Waals surface area contributed by atoms with Gasteiger partial charge in [0.05, 0.1) is 12.0 Å². The molecule has 0 aliphatic heterocycles. The van der Waals surface area contributed by atoms with Crippen molar-refractivity contribution in [3.05, 3.63) is 95.6 Å². The number of nitrogens with zero attached hydrogens (tertiary/aromatic N) is 1. The predicted molar refractivity (Wildman–Crippen MR) is 122 cm³/mol. The first-order valence-electron chi connectivity index (χ1n) is 10.1. The Bertz CT molecular complexity index is 1130. The van der Waals surface area contributed by atoms with Gasteiger partial charge in [-0.05, 0) is 54.8 Å². The second kappa shape index (κ2) is 9.79. The molecule has 0 heterocycles. The average Bonchev–Trinajstić information content (AvgIpc) is 2.77. The maximum atomic E-state index is 13.4. The Morgan fingerprint density at radius 1 is 0.935 bits per heavy atom. The standard InChI is InChI=1S/C25H27NO4S/c1-19(17-22-11-7-8-12-24(22)30-2)26(18-20-9-5-4-6-10-20)25(27)21-13-15-23(16-14-21)31(3,28)29/h4-16,19H,17-18H2,1-3H3. The summed E-state index contributed by atoms with van der Waals surface area (Å²) in [6, 6.07) is 23.6. The van der Waals surface area contributed by atoms with Gasteiger partial charge in [0.25, 0.3) is 5.91 Å². The molecule has 0 aliphatic rings. The molecule has 5 nitrogen and oxygen atoms in total. The van der Waals surface area contributed by atoms with Crippen LogP contribution >= 0.6 is 0 Å². The minimum absolute atomic E-state index is 0.112. The highest BCUT2D eigenvalue weighted by atomic mass is 32.2. The van der Waals surface area contributed by atoms with Crippen molar-refractivity contribution in [2.45, 2.75) is 30.8 Å². The number of methoxy groups -OCH3 is 1. The first kappa shape index (κ1) is 22.6. The van der Waals surface area contributed by atoms with Gasteiger partial charge in [0, 0.05) is 24.4 Å². The number of para-hydroxylation sites is 1. The van der Waals surface area contributed by atoms with Crippen molar-refractivity contribution in [1.82, 2.24) is 4.90 Å². The van der Waals surface area contributed by atoms with E-state index in [-0.39, 0.29) is 16.8 Å². The van der Waals surface area contributed by atoms with Gasteiger partial charge in [0.1, 0.15) is 5.75 Å². The second-order valence-corrected chi connectivity index (χ2v) is 9.60. The van der Waals surface area contributed by atoms with Gasteiger partial charge in [-0.15, -0.1) is 0 Å². The van der Waals surface area contributed by atoms with E-state index in [0.717, 1.165) is 23.1 Å². The maximum Gasteiger partial charge on any atom is 0.254 e. The number of hydrogen-bond acceptors (Lipinski definition) is 4. The van der Waals surface area contributed by atoms with Crippen LogP contribution in [0.4, 0.5) is 0 Å². The van der Waals surface area contributed by atoms with Crippen LogP contribution in [0.2, 0.25) is 0 Å². The molecule has 3 aromatic carbocycles. The Hall–Kier alpha value is -3.12. The van der Waals surface area contributed by atoms with Crippen molar-refractivity contribution >= 4 is 15.7 Å². The zero-order chi connectivity index (χ0) is 22.4. The molecule has 0 N–H and O–H groups in total. The van der Waals surface area contributed by atoms with Crippen molar-refractivity contribution < 1.29 is 17.9 Å². The number of hydrogen-bond donors (Lipinski definition) is 0.